The molecular formula is C28H35ClFN5O5S. The fraction of sp³-hybridized carbons (Fsp3) is 0.500. The van der Waals surface area contributed by atoms with E-state index in [0.29, 0.717) is 79.2 Å². The molecule has 0 radical (unpaired) electrons. The van der Waals surface area contributed by atoms with Gasteiger partial charge in [-0.05, 0) is 62.9 Å². The topological polar surface area (TPSA) is 115 Å². The van der Waals surface area contributed by atoms with Crippen LogP contribution in [-0.2, 0) is 14.8 Å². The standard InChI is InChI=1S/C28H35ClFN5O5S/c1-38-26-17-25-22(28(32-18-31-25)33-20-5-8-24(30)23(29)15-20)16-27(26)40-21-6-3-19(4-7-21)34-41(36,37)14-2-9-35-10-12-39-13-11-35/h5,8,15-19,21,34H,2-4,6-7,9-14H2,1H3,(H,31,32,33). The number of benzene rings is 2. The van der Waals surface area contributed by atoms with Crippen LogP contribution in [0.25, 0.3) is 10.9 Å². The SMILES string of the molecule is COc1cc2ncnc(Nc3ccc(F)c(Cl)c3)c2cc1OC1CCC(NS(=O)(=O)CCCN2CCOCC2)CC1. The van der Waals surface area contributed by atoms with Crippen LogP contribution in [-0.4, -0.2) is 81.1 Å². The third-order valence-corrected chi connectivity index (χ3v) is 9.22. The van der Waals surface area contributed by atoms with E-state index in [1.165, 1.54) is 18.5 Å². The maximum absolute atomic E-state index is 13.6. The van der Waals surface area contributed by atoms with Crippen molar-refractivity contribution >= 4 is 44.0 Å². The van der Waals surface area contributed by atoms with Crippen LogP contribution < -0.4 is 19.5 Å². The first kappa shape index (κ1) is 29.7. The Morgan fingerprint density at radius 2 is 1.88 bits per heavy atom. The van der Waals surface area contributed by atoms with Gasteiger partial charge in [0.1, 0.15) is 18.0 Å². The molecule has 13 heteroatoms. The number of anilines is 2. The molecule has 0 atom stereocenters. The van der Waals surface area contributed by atoms with E-state index < -0.39 is 15.8 Å². The van der Waals surface area contributed by atoms with Crippen molar-refractivity contribution in [2.45, 2.75) is 44.2 Å². The van der Waals surface area contributed by atoms with Crippen molar-refractivity contribution in [3.8, 4) is 11.5 Å². The van der Waals surface area contributed by atoms with Gasteiger partial charge in [0, 0.05) is 36.3 Å². The van der Waals surface area contributed by atoms with E-state index in [1.807, 2.05) is 6.07 Å². The van der Waals surface area contributed by atoms with Crippen LogP contribution in [0.5, 0.6) is 11.5 Å². The van der Waals surface area contributed by atoms with Crippen molar-refractivity contribution in [1.82, 2.24) is 19.6 Å². The van der Waals surface area contributed by atoms with Gasteiger partial charge in [-0.3, -0.25) is 4.90 Å². The molecule has 1 saturated carbocycles. The number of methoxy groups -OCH3 is 1. The summed E-state index contributed by atoms with van der Waals surface area (Å²) < 4.78 is 59.1. The number of hydrogen-bond acceptors (Lipinski definition) is 9. The highest BCUT2D eigenvalue weighted by Crippen LogP contribution is 2.37. The predicted molar refractivity (Wildman–Crippen MR) is 156 cm³/mol. The summed E-state index contributed by atoms with van der Waals surface area (Å²) in [5, 5.41) is 3.87. The van der Waals surface area contributed by atoms with Crippen molar-refractivity contribution in [1.29, 1.82) is 0 Å². The predicted octanol–water partition coefficient (Wildman–Crippen LogP) is 4.51. The van der Waals surface area contributed by atoms with Gasteiger partial charge in [0.05, 0.1) is 42.7 Å². The van der Waals surface area contributed by atoms with Gasteiger partial charge in [0.25, 0.3) is 0 Å². The third kappa shape index (κ3) is 7.95. The second-order valence-corrected chi connectivity index (χ2v) is 12.6. The van der Waals surface area contributed by atoms with E-state index in [0.717, 1.165) is 19.6 Å². The van der Waals surface area contributed by atoms with Gasteiger partial charge >= 0.3 is 0 Å². The number of nitrogens with zero attached hydrogens (tertiary/aromatic N) is 3. The van der Waals surface area contributed by atoms with Crippen LogP contribution in [0.3, 0.4) is 0 Å². The zero-order chi connectivity index (χ0) is 28.8. The molecule has 2 N–H and O–H groups in total. The molecule has 0 amide bonds. The van der Waals surface area contributed by atoms with Crippen LogP contribution in [0.15, 0.2) is 36.7 Å². The molecule has 41 heavy (non-hydrogen) atoms. The third-order valence-electron chi connectivity index (χ3n) is 7.41. The van der Waals surface area contributed by atoms with Crippen molar-refractivity contribution < 1.29 is 27.0 Å². The first-order chi connectivity index (χ1) is 19.8. The zero-order valence-corrected chi connectivity index (χ0v) is 24.5. The summed E-state index contributed by atoms with van der Waals surface area (Å²) in [6.07, 6.45) is 4.71. The second kappa shape index (κ2) is 13.5. The highest BCUT2D eigenvalue weighted by atomic mass is 35.5. The summed E-state index contributed by atoms with van der Waals surface area (Å²) >= 11 is 5.94. The monoisotopic (exact) mass is 607 g/mol. The lowest BCUT2D eigenvalue weighted by Gasteiger charge is -2.30. The molecular weight excluding hydrogens is 573 g/mol. The summed E-state index contributed by atoms with van der Waals surface area (Å²) in [5.74, 6) is 1.21. The average Bonchev–Trinajstić information content (AvgIpc) is 2.96. The highest BCUT2D eigenvalue weighted by molar-refractivity contribution is 7.89. The van der Waals surface area contributed by atoms with Crippen molar-refractivity contribution in [3.05, 3.63) is 47.5 Å². The van der Waals surface area contributed by atoms with E-state index in [4.69, 9.17) is 25.8 Å². The molecule has 3 aromatic rings. The number of nitrogens with one attached hydrogen (secondary N) is 2. The Kier molecular flexibility index (Phi) is 9.76. The Labute approximate surface area is 244 Å². The van der Waals surface area contributed by atoms with Crippen LogP contribution in [0.1, 0.15) is 32.1 Å². The maximum atomic E-state index is 13.6. The molecule has 0 bridgehead atoms. The molecule has 0 unspecified atom stereocenters. The summed E-state index contributed by atoms with van der Waals surface area (Å²) in [6.45, 7) is 3.89. The smallest absolute Gasteiger partial charge is 0.211 e. The maximum Gasteiger partial charge on any atom is 0.211 e. The molecule has 2 aliphatic rings. The molecule has 0 spiro atoms. The van der Waals surface area contributed by atoms with Crippen molar-refractivity contribution in [2.75, 3.05) is 51.0 Å². The minimum Gasteiger partial charge on any atom is -0.493 e. The second-order valence-electron chi connectivity index (χ2n) is 10.3. The van der Waals surface area contributed by atoms with E-state index >= 15 is 0 Å². The van der Waals surface area contributed by atoms with Gasteiger partial charge < -0.3 is 19.5 Å². The molecule has 1 aromatic heterocycles. The Hall–Kier alpha value is -2.77. The van der Waals surface area contributed by atoms with Crippen LogP contribution in [0.4, 0.5) is 15.9 Å². The van der Waals surface area contributed by atoms with E-state index in [9.17, 15) is 12.8 Å². The van der Waals surface area contributed by atoms with E-state index in [1.54, 1.807) is 19.2 Å². The Morgan fingerprint density at radius 3 is 2.61 bits per heavy atom. The fourth-order valence-corrected chi connectivity index (χ4v) is 6.77. The van der Waals surface area contributed by atoms with E-state index in [2.05, 4.69) is 24.9 Å². The number of ether oxygens (including phenoxy) is 3. The zero-order valence-electron chi connectivity index (χ0n) is 22.9. The van der Waals surface area contributed by atoms with Gasteiger partial charge in [-0.1, -0.05) is 11.6 Å². The average molecular weight is 608 g/mol. The summed E-state index contributed by atoms with van der Waals surface area (Å²) in [7, 11) is -1.78. The van der Waals surface area contributed by atoms with Crippen molar-refractivity contribution in [2.24, 2.45) is 0 Å². The lowest BCUT2D eigenvalue weighted by atomic mass is 9.93. The lowest BCUT2D eigenvalue weighted by molar-refractivity contribution is 0.0381. The van der Waals surface area contributed by atoms with Gasteiger partial charge in [0.15, 0.2) is 11.5 Å². The number of aromatic nitrogens is 2. The minimum atomic E-state index is -3.35. The Morgan fingerprint density at radius 1 is 1.10 bits per heavy atom. The molecule has 222 valence electrons. The van der Waals surface area contributed by atoms with Crippen LogP contribution in [0, 0.1) is 5.82 Å². The summed E-state index contributed by atoms with van der Waals surface area (Å²) in [6, 6.07) is 7.85. The molecule has 2 aromatic carbocycles. The molecule has 5 rings (SSSR count). The number of rotatable bonds is 11. The quantitative estimate of drug-likeness (QED) is 0.325. The number of hydrogen-bond donors (Lipinski definition) is 2. The first-order valence-corrected chi connectivity index (χ1v) is 15.8. The summed E-state index contributed by atoms with van der Waals surface area (Å²) in [4.78, 5) is 11.0. The fourth-order valence-electron chi connectivity index (χ4n) is 5.22. The Balaban J connectivity index is 1.19. The Bertz CT molecular complexity index is 1450. The first-order valence-electron chi connectivity index (χ1n) is 13.8. The number of morpholine rings is 1. The molecule has 10 nitrogen and oxygen atoms in total. The highest BCUT2D eigenvalue weighted by Gasteiger charge is 2.27. The van der Waals surface area contributed by atoms with Gasteiger partial charge in [-0.25, -0.2) is 27.5 Å². The summed E-state index contributed by atoms with van der Waals surface area (Å²) in [5.41, 5.74) is 1.23. The molecule has 2 fully saturated rings. The van der Waals surface area contributed by atoms with Gasteiger partial charge in [-0.2, -0.15) is 0 Å². The lowest BCUT2D eigenvalue weighted by Crippen LogP contribution is -2.41. The normalized spacial score (nSPS) is 20.2. The van der Waals surface area contributed by atoms with Gasteiger partial charge in [0.2, 0.25) is 10.0 Å². The minimum absolute atomic E-state index is 0.00457. The van der Waals surface area contributed by atoms with Crippen molar-refractivity contribution in [3.63, 3.8) is 0 Å². The van der Waals surface area contributed by atoms with E-state index in [-0.39, 0.29) is 22.9 Å². The van der Waals surface area contributed by atoms with Crippen LogP contribution in [0.2, 0.25) is 5.02 Å². The number of halogens is 2. The molecule has 1 aliphatic carbocycles. The number of fused-ring (bicyclic) bond motifs is 1. The van der Waals surface area contributed by atoms with Gasteiger partial charge in [-0.15, -0.1) is 0 Å². The molecule has 1 aliphatic heterocycles. The largest absolute Gasteiger partial charge is 0.493 e. The molecule has 1 saturated heterocycles. The molecule has 2 heterocycles. The van der Waals surface area contributed by atoms with Crippen LogP contribution >= 0.6 is 11.6 Å². The number of sulfonamides is 1.